The van der Waals surface area contributed by atoms with E-state index in [1.54, 1.807) is 41.5 Å². The second-order valence-electron chi connectivity index (χ2n) is 4.18. The van der Waals surface area contributed by atoms with E-state index in [0.717, 1.165) is 0 Å². The molecule has 0 spiro atoms. The molecule has 0 N–H and O–H groups in total. The molecule has 0 bridgehead atoms. The van der Waals surface area contributed by atoms with Crippen molar-refractivity contribution >= 4 is 28.8 Å². The first-order valence-corrected chi connectivity index (χ1v) is 16.3. The maximum Gasteiger partial charge on any atom is 0.374 e. The van der Waals surface area contributed by atoms with Gasteiger partial charge in [0.2, 0.25) is 0 Å². The highest BCUT2D eigenvalue weighted by Crippen LogP contribution is 3.09. The molecule has 0 saturated heterocycles. The van der Waals surface area contributed by atoms with Gasteiger partial charge < -0.3 is 27.1 Å². The van der Waals surface area contributed by atoms with Crippen molar-refractivity contribution in [2.24, 2.45) is 0 Å². The Hall–Kier alpha value is 0.880. The second kappa shape index (κ2) is 12.4. The van der Waals surface area contributed by atoms with Crippen LogP contribution in [0.4, 0.5) is 0 Å². The van der Waals surface area contributed by atoms with Crippen LogP contribution in [0.25, 0.3) is 0 Å². The van der Waals surface area contributed by atoms with Crippen molar-refractivity contribution in [1.29, 1.82) is 0 Å². The molecule has 0 unspecified atom stereocenters. The van der Waals surface area contributed by atoms with E-state index < -0.39 is 28.8 Å². The average molecular weight is 442 g/mol. The number of rotatable bonds is 15. The minimum atomic E-state index is -4.15. The zero-order chi connectivity index (χ0) is 19.6. The zero-order valence-corrected chi connectivity index (χ0v) is 19.3. The van der Waals surface area contributed by atoms with Crippen molar-refractivity contribution in [2.75, 3.05) is 39.6 Å². The molecule has 0 aromatic carbocycles. The molecule has 9 nitrogen and oxygen atoms in total. The van der Waals surface area contributed by atoms with Gasteiger partial charge >= 0.3 is 21.9 Å². The van der Waals surface area contributed by atoms with Gasteiger partial charge in [0.05, 0.1) is 39.6 Å². The molecule has 152 valence electrons. The molecule has 0 aromatic heterocycles. The standard InChI is InChI=1S/C12H30O9P4/c1-7-16-23(13,17-8-2)22(24(14,18-9-3)19-10-4)25(15,20-11-5)21-12-6/h7-12H2,1-6H3. The third-order valence-corrected chi connectivity index (χ3v) is 25.1. The summed E-state index contributed by atoms with van der Waals surface area (Å²) in [5.41, 5.74) is 0. The maximum atomic E-state index is 13.4. The summed E-state index contributed by atoms with van der Waals surface area (Å²) in [6, 6.07) is 0. The molecule has 0 rings (SSSR count). The lowest BCUT2D eigenvalue weighted by atomic mass is 10.9. The Morgan fingerprint density at radius 2 is 0.640 bits per heavy atom. The van der Waals surface area contributed by atoms with Gasteiger partial charge in [-0.05, 0) is 41.5 Å². The van der Waals surface area contributed by atoms with Crippen molar-refractivity contribution < 1.29 is 40.8 Å². The smallest absolute Gasteiger partial charge is 0.305 e. The van der Waals surface area contributed by atoms with Crippen molar-refractivity contribution in [3.05, 3.63) is 0 Å². The van der Waals surface area contributed by atoms with Gasteiger partial charge in [0.1, 0.15) is 0 Å². The van der Waals surface area contributed by atoms with Gasteiger partial charge in [-0.3, -0.25) is 13.7 Å². The van der Waals surface area contributed by atoms with Gasteiger partial charge in [-0.1, -0.05) is 0 Å². The lowest BCUT2D eigenvalue weighted by molar-refractivity contribution is 0.224. The van der Waals surface area contributed by atoms with E-state index in [-0.39, 0.29) is 39.6 Å². The Kier molecular flexibility index (Phi) is 12.8. The summed E-state index contributed by atoms with van der Waals surface area (Å²) in [6.07, 6.45) is 0. The molecular formula is C12H30O9P4. The summed E-state index contributed by atoms with van der Waals surface area (Å²) < 4.78 is 72.1. The van der Waals surface area contributed by atoms with E-state index in [2.05, 4.69) is 0 Å². The molecule has 0 amide bonds. The van der Waals surface area contributed by atoms with Gasteiger partial charge in [0, 0.05) is 0 Å². The van der Waals surface area contributed by atoms with E-state index in [4.69, 9.17) is 27.1 Å². The molecule has 25 heavy (non-hydrogen) atoms. The van der Waals surface area contributed by atoms with Crippen LogP contribution in [-0.2, 0) is 40.8 Å². The van der Waals surface area contributed by atoms with Gasteiger partial charge in [0.15, 0.2) is 0 Å². The van der Waals surface area contributed by atoms with Crippen LogP contribution in [0.15, 0.2) is 0 Å². The van der Waals surface area contributed by atoms with Crippen LogP contribution in [0, 0.1) is 0 Å². The van der Waals surface area contributed by atoms with Crippen molar-refractivity contribution in [3.63, 3.8) is 0 Å². The molecule has 13 heteroatoms. The first-order valence-electron chi connectivity index (χ1n) is 8.22. The summed E-state index contributed by atoms with van der Waals surface area (Å²) in [5, 5.41) is 0. The Morgan fingerprint density at radius 3 is 0.760 bits per heavy atom. The lowest BCUT2D eigenvalue weighted by Crippen LogP contribution is -2.04. The molecule has 0 atom stereocenters. The van der Waals surface area contributed by atoms with E-state index in [1.165, 1.54) is 0 Å². The number of hydrogen-bond acceptors (Lipinski definition) is 9. The predicted octanol–water partition coefficient (Wildman–Crippen LogP) is 6.01. The highest BCUT2D eigenvalue weighted by molar-refractivity contribution is 8.83. The molecule has 0 aromatic rings. The largest absolute Gasteiger partial charge is 0.374 e. The summed E-state index contributed by atoms with van der Waals surface area (Å²) in [7, 11) is -12.5. The van der Waals surface area contributed by atoms with Gasteiger partial charge in [-0.15, -0.1) is 0 Å². The minimum Gasteiger partial charge on any atom is -0.305 e. The van der Waals surface area contributed by atoms with E-state index in [0.29, 0.717) is 0 Å². The van der Waals surface area contributed by atoms with E-state index in [9.17, 15) is 13.7 Å². The summed E-state index contributed by atoms with van der Waals surface area (Å²) in [5.74, 6) is 0. The quantitative estimate of drug-likeness (QED) is 0.282. The van der Waals surface area contributed by atoms with Crippen molar-refractivity contribution in [3.8, 4) is 0 Å². The molecular weight excluding hydrogens is 412 g/mol. The van der Waals surface area contributed by atoms with E-state index in [1.807, 2.05) is 0 Å². The Bertz CT molecular complexity index is 411. The minimum absolute atomic E-state index is 0.00733. The molecule has 0 aliphatic rings. The Morgan fingerprint density at radius 1 is 0.480 bits per heavy atom. The van der Waals surface area contributed by atoms with E-state index >= 15 is 0 Å². The lowest BCUT2D eigenvalue weighted by Gasteiger charge is -2.34. The molecule has 0 radical (unpaired) electrons. The Labute approximate surface area is 151 Å². The van der Waals surface area contributed by atoms with Crippen LogP contribution in [0.3, 0.4) is 0 Å². The zero-order valence-electron chi connectivity index (χ0n) is 15.7. The predicted molar refractivity (Wildman–Crippen MR) is 99.5 cm³/mol. The molecule has 0 aliphatic carbocycles. The fourth-order valence-electron chi connectivity index (χ4n) is 1.80. The molecule has 0 aliphatic heterocycles. The maximum absolute atomic E-state index is 13.4. The van der Waals surface area contributed by atoms with Crippen LogP contribution in [0.5, 0.6) is 0 Å². The van der Waals surface area contributed by atoms with Crippen molar-refractivity contribution in [2.45, 2.75) is 41.5 Å². The Balaban J connectivity index is 6.49. The molecule has 0 saturated carbocycles. The van der Waals surface area contributed by atoms with Crippen LogP contribution >= 0.6 is 28.8 Å². The van der Waals surface area contributed by atoms with Crippen molar-refractivity contribution in [1.82, 2.24) is 0 Å². The third-order valence-electron chi connectivity index (χ3n) is 2.41. The fourth-order valence-corrected chi connectivity index (χ4v) is 24.6. The SMILES string of the molecule is CCOP(=O)(OCC)P(P(=O)(OCC)OCC)P(=O)(OCC)OCC. The highest BCUT2D eigenvalue weighted by atomic mass is 32.8. The normalized spacial score (nSPS) is 13.6. The summed E-state index contributed by atoms with van der Waals surface area (Å²) in [6.45, 7) is 6.83. The third kappa shape index (κ3) is 7.08. The van der Waals surface area contributed by atoms with Gasteiger partial charge in [-0.2, -0.15) is 0 Å². The van der Waals surface area contributed by atoms with Crippen LogP contribution < -0.4 is 0 Å². The summed E-state index contributed by atoms with van der Waals surface area (Å²) in [4.78, 5) is 0. The van der Waals surface area contributed by atoms with Crippen LogP contribution in [-0.4, -0.2) is 39.6 Å². The first-order chi connectivity index (χ1) is 11.7. The second-order valence-corrected chi connectivity index (χ2v) is 19.9. The summed E-state index contributed by atoms with van der Waals surface area (Å²) >= 11 is 0. The van der Waals surface area contributed by atoms with Gasteiger partial charge in [0.25, 0.3) is 6.99 Å². The van der Waals surface area contributed by atoms with Crippen LogP contribution in [0.2, 0.25) is 0 Å². The average Bonchev–Trinajstić information content (AvgIpc) is 2.48. The highest BCUT2D eigenvalue weighted by Gasteiger charge is 2.63. The first kappa shape index (κ1) is 25.9. The molecule has 0 heterocycles. The fraction of sp³-hybridized carbons (Fsp3) is 1.00. The van der Waals surface area contributed by atoms with Gasteiger partial charge in [-0.25, -0.2) is 0 Å². The van der Waals surface area contributed by atoms with Crippen LogP contribution in [0.1, 0.15) is 41.5 Å². The number of hydrogen-bond donors (Lipinski definition) is 0. The topological polar surface area (TPSA) is 107 Å². The monoisotopic (exact) mass is 442 g/mol. The molecule has 0 fully saturated rings.